The third-order valence-electron chi connectivity index (χ3n) is 3.06. The van der Waals surface area contributed by atoms with Crippen molar-refractivity contribution in [1.29, 1.82) is 0 Å². The van der Waals surface area contributed by atoms with Crippen LogP contribution in [0.15, 0.2) is 28.7 Å². The van der Waals surface area contributed by atoms with Gasteiger partial charge in [-0.1, -0.05) is 28.1 Å². The van der Waals surface area contributed by atoms with Crippen LogP contribution in [-0.4, -0.2) is 18.6 Å². The quantitative estimate of drug-likeness (QED) is 0.828. The van der Waals surface area contributed by atoms with Crippen LogP contribution >= 0.6 is 15.9 Å². The second-order valence-corrected chi connectivity index (χ2v) is 5.25. The van der Waals surface area contributed by atoms with Crippen LogP contribution < -0.4 is 10.4 Å². The molecule has 0 amide bonds. The monoisotopic (exact) mass is 283 g/mol. The smallest absolute Gasteiger partial charge is 0.127 e. The third kappa shape index (κ3) is 2.83. The first-order valence-electron chi connectivity index (χ1n) is 5.44. The van der Waals surface area contributed by atoms with Crippen molar-refractivity contribution in [1.82, 2.24) is 0 Å². The van der Waals surface area contributed by atoms with E-state index in [2.05, 4.69) is 28.1 Å². The van der Waals surface area contributed by atoms with Crippen LogP contribution in [0, 0.1) is 5.92 Å². The molecule has 1 aliphatic heterocycles. The van der Waals surface area contributed by atoms with E-state index < -0.39 is 5.97 Å². The maximum absolute atomic E-state index is 10.7. The molecule has 2 N–H and O–H groups in total. The number of carbonyl (C=O) groups is 1. The molecule has 16 heavy (non-hydrogen) atoms. The summed E-state index contributed by atoms with van der Waals surface area (Å²) >= 11 is 3.43. The van der Waals surface area contributed by atoms with E-state index in [1.165, 1.54) is 5.56 Å². The molecule has 86 valence electrons. The first kappa shape index (κ1) is 11.6. The molecule has 1 aromatic carbocycles. The number of hydrogen-bond donors (Lipinski definition) is 1. The SMILES string of the molecule is O=C([O-])[C@@H]1C[C@@H](Cc2cccc(Br)c2)C[NH2+]1. The van der Waals surface area contributed by atoms with Gasteiger partial charge in [0.1, 0.15) is 6.04 Å². The minimum atomic E-state index is -0.934. The lowest BCUT2D eigenvalue weighted by atomic mass is 9.97. The van der Waals surface area contributed by atoms with Crippen LogP contribution in [0.4, 0.5) is 0 Å². The van der Waals surface area contributed by atoms with Gasteiger partial charge in [0.05, 0.1) is 12.5 Å². The van der Waals surface area contributed by atoms with Crippen LogP contribution in [0.1, 0.15) is 12.0 Å². The lowest BCUT2D eigenvalue weighted by molar-refractivity contribution is -0.666. The Labute approximate surface area is 103 Å². The summed E-state index contributed by atoms with van der Waals surface area (Å²) in [4.78, 5) is 10.7. The van der Waals surface area contributed by atoms with E-state index in [9.17, 15) is 9.90 Å². The van der Waals surface area contributed by atoms with Crippen LogP contribution in [0.2, 0.25) is 0 Å². The average Bonchev–Trinajstić information content (AvgIpc) is 2.66. The van der Waals surface area contributed by atoms with E-state index in [-0.39, 0.29) is 6.04 Å². The van der Waals surface area contributed by atoms with E-state index in [4.69, 9.17) is 0 Å². The van der Waals surface area contributed by atoms with Crippen molar-refractivity contribution in [3.05, 3.63) is 34.3 Å². The molecule has 1 aromatic rings. The Bertz CT molecular complexity index is 394. The van der Waals surface area contributed by atoms with Gasteiger partial charge >= 0.3 is 0 Å². The Balaban J connectivity index is 1.94. The van der Waals surface area contributed by atoms with Crippen molar-refractivity contribution in [3.8, 4) is 0 Å². The number of carbonyl (C=O) groups excluding carboxylic acids is 1. The van der Waals surface area contributed by atoms with Gasteiger partial charge in [0.2, 0.25) is 0 Å². The molecular formula is C12H14BrNO2. The number of aliphatic carboxylic acids is 1. The number of hydrogen-bond acceptors (Lipinski definition) is 2. The Kier molecular flexibility index (Phi) is 3.61. The number of quaternary nitrogens is 1. The van der Waals surface area contributed by atoms with Gasteiger partial charge in [-0.15, -0.1) is 0 Å². The summed E-state index contributed by atoms with van der Waals surface area (Å²) in [5.74, 6) is -0.492. The molecular weight excluding hydrogens is 270 g/mol. The zero-order valence-corrected chi connectivity index (χ0v) is 10.4. The number of carboxylic acids is 1. The molecule has 0 radical (unpaired) electrons. The number of carboxylic acid groups (broad SMARTS) is 1. The molecule has 0 unspecified atom stereocenters. The largest absolute Gasteiger partial charge is 0.544 e. The Morgan fingerprint density at radius 3 is 3.00 bits per heavy atom. The molecule has 1 heterocycles. The summed E-state index contributed by atoms with van der Waals surface area (Å²) in [6, 6.07) is 7.82. The summed E-state index contributed by atoms with van der Waals surface area (Å²) in [6.07, 6.45) is 1.66. The van der Waals surface area contributed by atoms with Crippen LogP contribution in [0.25, 0.3) is 0 Å². The number of nitrogens with two attached hydrogens (primary N) is 1. The Morgan fingerprint density at radius 2 is 2.38 bits per heavy atom. The van der Waals surface area contributed by atoms with Crippen molar-refractivity contribution >= 4 is 21.9 Å². The highest BCUT2D eigenvalue weighted by atomic mass is 79.9. The molecule has 1 aliphatic rings. The van der Waals surface area contributed by atoms with Gasteiger partial charge in [0.15, 0.2) is 0 Å². The molecule has 1 saturated heterocycles. The Hall–Kier alpha value is -0.870. The highest BCUT2D eigenvalue weighted by Crippen LogP contribution is 2.18. The van der Waals surface area contributed by atoms with Crippen molar-refractivity contribution in [2.75, 3.05) is 6.54 Å². The molecule has 0 saturated carbocycles. The molecule has 2 rings (SSSR count). The second kappa shape index (κ2) is 4.97. The normalized spacial score (nSPS) is 24.6. The first-order valence-corrected chi connectivity index (χ1v) is 6.23. The molecule has 0 aromatic heterocycles. The summed E-state index contributed by atoms with van der Waals surface area (Å²) < 4.78 is 1.07. The summed E-state index contributed by atoms with van der Waals surface area (Å²) in [7, 11) is 0. The lowest BCUT2D eigenvalue weighted by Crippen LogP contribution is -2.90. The summed E-state index contributed by atoms with van der Waals surface area (Å²) in [5, 5.41) is 12.6. The standard InChI is InChI=1S/C12H14BrNO2/c13-10-3-1-2-8(5-10)4-9-6-11(12(15)16)14-7-9/h1-3,5,9,11,14H,4,6-7H2,(H,15,16)/t9-,11+/m1/s1. The minimum absolute atomic E-state index is 0.350. The topological polar surface area (TPSA) is 56.7 Å². The van der Waals surface area contributed by atoms with Gasteiger partial charge in [-0.05, 0) is 24.1 Å². The van der Waals surface area contributed by atoms with Gasteiger partial charge in [0, 0.05) is 16.8 Å². The number of halogens is 1. The first-order chi connectivity index (χ1) is 7.65. The molecule has 0 aliphatic carbocycles. The van der Waals surface area contributed by atoms with Gasteiger partial charge in [-0.2, -0.15) is 0 Å². The van der Waals surface area contributed by atoms with Crippen molar-refractivity contribution in [2.24, 2.45) is 5.92 Å². The van der Waals surface area contributed by atoms with Crippen LogP contribution in [0.3, 0.4) is 0 Å². The van der Waals surface area contributed by atoms with E-state index in [0.717, 1.165) is 23.9 Å². The predicted octanol–water partition coefficient (Wildman–Crippen LogP) is -0.307. The van der Waals surface area contributed by atoms with Gasteiger partial charge < -0.3 is 15.2 Å². The second-order valence-electron chi connectivity index (χ2n) is 4.33. The predicted molar refractivity (Wildman–Crippen MR) is 61.5 cm³/mol. The van der Waals surface area contributed by atoms with E-state index in [1.54, 1.807) is 0 Å². The third-order valence-corrected chi connectivity index (χ3v) is 3.55. The zero-order valence-electron chi connectivity index (χ0n) is 8.86. The van der Waals surface area contributed by atoms with E-state index in [1.807, 2.05) is 17.4 Å². The fraction of sp³-hybridized carbons (Fsp3) is 0.417. The fourth-order valence-electron chi connectivity index (χ4n) is 2.26. The van der Waals surface area contributed by atoms with Gasteiger partial charge in [-0.3, -0.25) is 0 Å². The van der Waals surface area contributed by atoms with Crippen molar-refractivity contribution < 1.29 is 15.2 Å². The molecule has 3 nitrogen and oxygen atoms in total. The number of rotatable bonds is 3. The highest BCUT2D eigenvalue weighted by molar-refractivity contribution is 9.10. The maximum Gasteiger partial charge on any atom is 0.127 e. The molecule has 1 fully saturated rings. The molecule has 0 spiro atoms. The molecule has 4 heteroatoms. The van der Waals surface area contributed by atoms with Gasteiger partial charge in [0.25, 0.3) is 0 Å². The van der Waals surface area contributed by atoms with E-state index >= 15 is 0 Å². The van der Waals surface area contributed by atoms with Crippen LogP contribution in [0.5, 0.6) is 0 Å². The van der Waals surface area contributed by atoms with Gasteiger partial charge in [-0.25, -0.2) is 0 Å². The number of benzene rings is 1. The fourth-order valence-corrected chi connectivity index (χ4v) is 2.71. The van der Waals surface area contributed by atoms with Crippen LogP contribution in [-0.2, 0) is 11.2 Å². The highest BCUT2D eigenvalue weighted by Gasteiger charge is 2.28. The molecule has 0 bridgehead atoms. The summed E-state index contributed by atoms with van der Waals surface area (Å²) in [5.41, 5.74) is 1.26. The zero-order chi connectivity index (χ0) is 11.5. The minimum Gasteiger partial charge on any atom is -0.544 e. The maximum atomic E-state index is 10.7. The molecule has 2 atom stereocenters. The lowest BCUT2D eigenvalue weighted by Gasteiger charge is -2.08. The average molecular weight is 284 g/mol. The Morgan fingerprint density at radius 1 is 1.56 bits per heavy atom. The summed E-state index contributed by atoms with van der Waals surface area (Å²) in [6.45, 7) is 0.880. The van der Waals surface area contributed by atoms with Crippen molar-refractivity contribution in [3.63, 3.8) is 0 Å². The van der Waals surface area contributed by atoms with E-state index in [0.29, 0.717) is 5.92 Å². The van der Waals surface area contributed by atoms with Crippen molar-refractivity contribution in [2.45, 2.75) is 18.9 Å².